The van der Waals surface area contributed by atoms with Gasteiger partial charge >= 0.3 is 0 Å². The van der Waals surface area contributed by atoms with Gasteiger partial charge in [0.25, 0.3) is 0 Å². The van der Waals surface area contributed by atoms with E-state index in [2.05, 4.69) is 0 Å². The Balaban J connectivity index is 1.90. The number of rotatable bonds is 4. The van der Waals surface area contributed by atoms with E-state index in [1.807, 2.05) is 0 Å². The Morgan fingerprint density at radius 3 is 2.58 bits per heavy atom. The van der Waals surface area contributed by atoms with Crippen molar-refractivity contribution in [2.75, 3.05) is 6.54 Å². The second-order valence-corrected chi connectivity index (χ2v) is 8.00. The van der Waals surface area contributed by atoms with Gasteiger partial charge in [0, 0.05) is 12.6 Å². The number of halogens is 3. The quantitative estimate of drug-likeness (QED) is 0.817. The zero-order valence-electron chi connectivity index (χ0n) is 13.6. The van der Waals surface area contributed by atoms with Crippen LogP contribution in [0.5, 0.6) is 0 Å². The highest BCUT2D eigenvalue weighted by Gasteiger charge is 2.36. The number of hydrogen-bond acceptors (Lipinski definition) is 3. The molecule has 1 fully saturated rings. The summed E-state index contributed by atoms with van der Waals surface area (Å²) in [7, 11) is -4.01. The van der Waals surface area contributed by atoms with Crippen molar-refractivity contribution in [1.82, 2.24) is 4.31 Å². The zero-order chi connectivity index (χ0) is 18.9. The van der Waals surface area contributed by atoms with E-state index in [1.54, 1.807) is 6.07 Å². The van der Waals surface area contributed by atoms with Gasteiger partial charge in [0.1, 0.15) is 23.5 Å². The van der Waals surface area contributed by atoms with Crippen molar-refractivity contribution in [2.24, 2.45) is 0 Å². The molecule has 1 aliphatic heterocycles. The Morgan fingerprint density at radius 2 is 1.88 bits per heavy atom. The van der Waals surface area contributed by atoms with Crippen molar-refractivity contribution >= 4 is 10.0 Å². The fraction of sp³-hybridized carbons (Fsp3) is 0.278. The van der Waals surface area contributed by atoms with Crippen LogP contribution in [-0.2, 0) is 16.4 Å². The van der Waals surface area contributed by atoms with E-state index in [1.165, 1.54) is 10.4 Å². The molecule has 0 saturated carbocycles. The summed E-state index contributed by atoms with van der Waals surface area (Å²) in [5.41, 5.74) is -0.146. The molecular formula is C18H15F3N2O2S. The minimum atomic E-state index is -4.01. The van der Waals surface area contributed by atoms with Crippen LogP contribution in [0.4, 0.5) is 13.2 Å². The van der Waals surface area contributed by atoms with Gasteiger partial charge in [-0.25, -0.2) is 21.6 Å². The fourth-order valence-corrected chi connectivity index (χ4v) is 4.87. The first-order valence-electron chi connectivity index (χ1n) is 7.98. The van der Waals surface area contributed by atoms with Gasteiger partial charge in [-0.2, -0.15) is 9.57 Å². The third-order valence-corrected chi connectivity index (χ3v) is 6.40. The van der Waals surface area contributed by atoms with Gasteiger partial charge < -0.3 is 0 Å². The van der Waals surface area contributed by atoms with Crippen LogP contribution >= 0.6 is 0 Å². The Labute approximate surface area is 149 Å². The van der Waals surface area contributed by atoms with E-state index < -0.39 is 33.5 Å². The van der Waals surface area contributed by atoms with Gasteiger partial charge in [0.15, 0.2) is 0 Å². The van der Waals surface area contributed by atoms with Crippen LogP contribution in [0.3, 0.4) is 0 Å². The molecule has 1 atom stereocenters. The molecule has 1 saturated heterocycles. The maximum absolute atomic E-state index is 13.9. The van der Waals surface area contributed by atoms with E-state index in [4.69, 9.17) is 5.26 Å². The first kappa shape index (κ1) is 18.4. The summed E-state index contributed by atoms with van der Waals surface area (Å²) in [5, 5.41) is 8.76. The molecule has 8 heteroatoms. The molecule has 0 spiro atoms. The lowest BCUT2D eigenvalue weighted by atomic mass is 10.0. The molecule has 0 amide bonds. The SMILES string of the molecule is N#Cc1ccc(S(=O)(=O)N2CCCC2Cc2cc(F)ccc2F)cc1F. The van der Waals surface area contributed by atoms with Crippen LogP contribution in [0, 0.1) is 28.8 Å². The average Bonchev–Trinajstić information content (AvgIpc) is 3.07. The number of sulfonamides is 1. The van der Waals surface area contributed by atoms with Gasteiger partial charge in [0.05, 0.1) is 10.5 Å². The van der Waals surface area contributed by atoms with Gasteiger partial charge in [-0.1, -0.05) is 0 Å². The lowest BCUT2D eigenvalue weighted by molar-refractivity contribution is 0.381. The Hall–Kier alpha value is -2.37. The molecule has 0 bridgehead atoms. The number of nitriles is 1. The summed E-state index contributed by atoms with van der Waals surface area (Å²) in [4.78, 5) is -0.263. The van der Waals surface area contributed by atoms with Crippen LogP contribution < -0.4 is 0 Å². The summed E-state index contributed by atoms with van der Waals surface area (Å²) in [6.07, 6.45) is 1.09. The van der Waals surface area contributed by atoms with Gasteiger partial charge in [-0.15, -0.1) is 0 Å². The predicted octanol–water partition coefficient (Wildman–Crippen LogP) is 3.37. The summed E-state index contributed by atoms with van der Waals surface area (Å²) in [6.45, 7) is 0.214. The van der Waals surface area contributed by atoms with Crippen molar-refractivity contribution < 1.29 is 21.6 Å². The van der Waals surface area contributed by atoms with Crippen LogP contribution in [0.25, 0.3) is 0 Å². The van der Waals surface area contributed by atoms with Gasteiger partial charge in [0.2, 0.25) is 10.0 Å². The van der Waals surface area contributed by atoms with Crippen LogP contribution in [0.2, 0.25) is 0 Å². The highest BCUT2D eigenvalue weighted by Crippen LogP contribution is 2.29. The van der Waals surface area contributed by atoms with Crippen molar-refractivity contribution in [2.45, 2.75) is 30.2 Å². The van der Waals surface area contributed by atoms with Crippen LogP contribution in [-0.4, -0.2) is 25.3 Å². The summed E-state index contributed by atoms with van der Waals surface area (Å²) < 4.78 is 68.0. The summed E-state index contributed by atoms with van der Waals surface area (Å²) in [5.74, 6) is -2.11. The van der Waals surface area contributed by atoms with E-state index >= 15 is 0 Å². The maximum atomic E-state index is 13.9. The molecule has 136 valence electrons. The Morgan fingerprint density at radius 1 is 1.12 bits per heavy atom. The third-order valence-electron chi connectivity index (χ3n) is 4.45. The Bertz CT molecular complexity index is 986. The van der Waals surface area contributed by atoms with Crippen molar-refractivity contribution in [3.63, 3.8) is 0 Å². The van der Waals surface area contributed by atoms with Crippen molar-refractivity contribution in [1.29, 1.82) is 5.26 Å². The minimum Gasteiger partial charge on any atom is -0.207 e. The maximum Gasteiger partial charge on any atom is 0.243 e. The molecule has 3 rings (SSSR count). The molecule has 0 aromatic heterocycles. The first-order valence-corrected chi connectivity index (χ1v) is 9.42. The lowest BCUT2D eigenvalue weighted by Crippen LogP contribution is -2.37. The number of benzene rings is 2. The highest BCUT2D eigenvalue weighted by atomic mass is 32.2. The molecule has 1 heterocycles. The lowest BCUT2D eigenvalue weighted by Gasteiger charge is -2.24. The molecule has 26 heavy (non-hydrogen) atoms. The molecule has 1 aliphatic rings. The van der Waals surface area contributed by atoms with E-state index in [9.17, 15) is 21.6 Å². The Kier molecular flexibility index (Phi) is 5.03. The highest BCUT2D eigenvalue weighted by molar-refractivity contribution is 7.89. The van der Waals surface area contributed by atoms with E-state index in [0.717, 1.165) is 30.3 Å². The minimum absolute atomic E-state index is 0.0293. The number of nitrogens with zero attached hydrogens (tertiary/aromatic N) is 2. The molecule has 1 unspecified atom stereocenters. The second kappa shape index (κ2) is 7.09. The predicted molar refractivity (Wildman–Crippen MR) is 88.1 cm³/mol. The molecule has 4 nitrogen and oxygen atoms in total. The van der Waals surface area contributed by atoms with Gasteiger partial charge in [-0.05, 0) is 61.2 Å². The summed E-state index contributed by atoms with van der Waals surface area (Å²) >= 11 is 0. The molecular weight excluding hydrogens is 365 g/mol. The first-order chi connectivity index (χ1) is 12.3. The topological polar surface area (TPSA) is 61.2 Å². The standard InChI is InChI=1S/C18H15F3N2O2S/c19-14-4-6-17(20)13(8-14)9-15-2-1-7-23(15)26(24,25)16-5-3-12(11-22)18(21)10-16/h3-6,8,10,15H,1-2,7,9H2. The largest absolute Gasteiger partial charge is 0.243 e. The molecule has 0 aliphatic carbocycles. The van der Waals surface area contributed by atoms with E-state index in [-0.39, 0.29) is 29.0 Å². The molecule has 0 N–H and O–H groups in total. The van der Waals surface area contributed by atoms with Crippen LogP contribution in [0.1, 0.15) is 24.0 Å². The molecule has 2 aromatic rings. The zero-order valence-corrected chi connectivity index (χ0v) is 14.4. The number of hydrogen-bond donors (Lipinski definition) is 0. The van der Waals surface area contributed by atoms with Gasteiger partial charge in [-0.3, -0.25) is 0 Å². The fourth-order valence-electron chi connectivity index (χ4n) is 3.17. The smallest absolute Gasteiger partial charge is 0.207 e. The van der Waals surface area contributed by atoms with Crippen molar-refractivity contribution in [3.8, 4) is 6.07 Å². The molecule has 0 radical (unpaired) electrons. The molecule has 2 aromatic carbocycles. The third kappa shape index (κ3) is 3.45. The summed E-state index contributed by atoms with van der Waals surface area (Å²) in [6, 6.07) is 7.25. The normalized spacial score (nSPS) is 18.0. The second-order valence-electron chi connectivity index (χ2n) is 6.11. The van der Waals surface area contributed by atoms with Crippen molar-refractivity contribution in [3.05, 3.63) is 65.0 Å². The average molecular weight is 380 g/mol. The monoisotopic (exact) mass is 380 g/mol. The van der Waals surface area contributed by atoms with E-state index in [0.29, 0.717) is 12.8 Å². The van der Waals surface area contributed by atoms with Crippen LogP contribution in [0.15, 0.2) is 41.3 Å².